The second kappa shape index (κ2) is 13.1. The molecule has 1 aromatic heterocycles. The summed E-state index contributed by atoms with van der Waals surface area (Å²) in [6, 6.07) is 17.3. The van der Waals surface area contributed by atoms with Crippen molar-refractivity contribution in [3.63, 3.8) is 0 Å². The van der Waals surface area contributed by atoms with E-state index in [1.54, 1.807) is 6.07 Å². The van der Waals surface area contributed by atoms with E-state index in [1.165, 1.54) is 23.2 Å². The van der Waals surface area contributed by atoms with Gasteiger partial charge in [0.25, 0.3) is 11.5 Å². The number of benzene rings is 3. The summed E-state index contributed by atoms with van der Waals surface area (Å²) in [7, 11) is 0. The highest BCUT2D eigenvalue weighted by molar-refractivity contribution is 6.35. The molecule has 7 heterocycles. The number of halogens is 1. The molecule has 0 radical (unpaired) electrons. The summed E-state index contributed by atoms with van der Waals surface area (Å²) >= 11 is 6.57. The van der Waals surface area contributed by atoms with E-state index in [2.05, 4.69) is 48.8 Å². The Labute approximate surface area is 332 Å². The Morgan fingerprint density at radius 2 is 1.64 bits per heavy atom. The van der Waals surface area contributed by atoms with Crippen molar-refractivity contribution in [1.29, 1.82) is 0 Å². The molecule has 4 fully saturated rings. The number of nitrogens with zero attached hydrogens (tertiary/aromatic N) is 5. The smallest absolute Gasteiger partial charge is 0.282 e. The molecule has 4 aromatic rings. The number of likely N-dealkylation sites (tertiary alicyclic amines) is 2. The van der Waals surface area contributed by atoms with Crippen LogP contribution in [0.4, 0.5) is 5.69 Å². The number of fused-ring (bicyclic) bond motifs is 11. The topological polar surface area (TPSA) is 100 Å². The zero-order valence-electron chi connectivity index (χ0n) is 32.0. The van der Waals surface area contributed by atoms with E-state index in [0.29, 0.717) is 35.5 Å². The molecule has 290 valence electrons. The van der Waals surface area contributed by atoms with Gasteiger partial charge >= 0.3 is 0 Å². The summed E-state index contributed by atoms with van der Waals surface area (Å²) in [4.78, 5) is 51.5. The van der Waals surface area contributed by atoms with Crippen molar-refractivity contribution in [2.75, 3.05) is 50.8 Å². The first kappa shape index (κ1) is 34.8. The summed E-state index contributed by atoms with van der Waals surface area (Å²) in [6.07, 6.45) is 11.4. The lowest BCUT2D eigenvalue weighted by Crippen LogP contribution is -2.51. The van der Waals surface area contributed by atoms with E-state index in [-0.39, 0.29) is 28.2 Å². The summed E-state index contributed by atoms with van der Waals surface area (Å²) < 4.78 is 8.48. The molecular formula is C45H49ClN6O4. The molecule has 2 spiro atoms. The van der Waals surface area contributed by atoms with Gasteiger partial charge in [-0.15, -0.1) is 0 Å². The van der Waals surface area contributed by atoms with E-state index in [4.69, 9.17) is 21.3 Å². The number of hydrogen-bond donors (Lipinski definition) is 1. The normalized spacial score (nSPS) is 22.9. The monoisotopic (exact) mass is 772 g/mol. The van der Waals surface area contributed by atoms with Crippen LogP contribution in [0.3, 0.4) is 0 Å². The Balaban J connectivity index is 0.729. The lowest BCUT2D eigenvalue weighted by molar-refractivity contribution is -0.139. The Hall–Kier alpha value is -4.41. The first-order chi connectivity index (χ1) is 27.3. The van der Waals surface area contributed by atoms with Crippen molar-refractivity contribution in [3.8, 4) is 11.4 Å². The third kappa shape index (κ3) is 5.16. The van der Waals surface area contributed by atoms with E-state index >= 15 is 0 Å². The predicted molar refractivity (Wildman–Crippen MR) is 216 cm³/mol. The Bertz CT molecular complexity index is 2340. The van der Waals surface area contributed by atoms with Crippen LogP contribution in [0.2, 0.25) is 5.02 Å². The van der Waals surface area contributed by atoms with Crippen molar-refractivity contribution in [3.05, 3.63) is 92.0 Å². The van der Waals surface area contributed by atoms with Crippen molar-refractivity contribution in [2.45, 2.75) is 94.0 Å². The van der Waals surface area contributed by atoms with Crippen LogP contribution in [0, 0.1) is 5.92 Å². The molecule has 10 nitrogen and oxygen atoms in total. The molecule has 3 aromatic carbocycles. The zero-order chi connectivity index (χ0) is 37.8. The minimum absolute atomic E-state index is 0.0152. The third-order valence-electron chi connectivity index (χ3n) is 15.0. The largest absolute Gasteiger partial charge is 0.492 e. The van der Waals surface area contributed by atoms with Crippen molar-refractivity contribution >= 4 is 40.0 Å². The molecular weight excluding hydrogens is 724 g/mol. The lowest BCUT2D eigenvalue weighted by Gasteiger charge is -2.44. The molecule has 0 unspecified atom stereocenters. The molecule has 2 amide bonds. The van der Waals surface area contributed by atoms with Gasteiger partial charge in [0.15, 0.2) is 0 Å². The van der Waals surface area contributed by atoms with Crippen molar-refractivity contribution < 1.29 is 14.3 Å². The molecule has 7 aliphatic rings. The van der Waals surface area contributed by atoms with Crippen LogP contribution >= 0.6 is 11.6 Å². The SMILES string of the molecule is O=C1NCc2c1ccc1c2OCC12CCN(C(=O)C1CCN(C3CCN(c4ccc5c(c4)C4(CCCCC4)c4nc(=O)c6c(Cl)cccc6n4-5)CC3)CC1)CC2. The van der Waals surface area contributed by atoms with Gasteiger partial charge in [-0.25, -0.2) is 0 Å². The average molecular weight is 773 g/mol. The first-order valence-corrected chi connectivity index (χ1v) is 21.4. The fourth-order valence-electron chi connectivity index (χ4n) is 11.8. The minimum atomic E-state index is -0.244. The van der Waals surface area contributed by atoms with Gasteiger partial charge in [0.1, 0.15) is 11.6 Å². The number of hydrogen-bond acceptors (Lipinski definition) is 7. The summed E-state index contributed by atoms with van der Waals surface area (Å²) in [5, 5.41) is 3.90. The standard InChI is InChI=1S/C45H49ClN6O4/c46-35-5-4-6-37-38(35)41(54)48-43-45(15-2-1-3-16-45)34-25-30(7-10-36(34)52(37)43)50-21-13-29(14-22-50)49-19-11-28(12-20-49)42(55)51-23-17-44(18-24-51)27-56-39-32-26-47-40(53)31(32)8-9-33(39)44/h4-10,25,28-29H,1-3,11-24,26-27H2,(H,47,53). The third-order valence-corrected chi connectivity index (χ3v) is 15.3. The highest BCUT2D eigenvalue weighted by Crippen LogP contribution is 2.53. The Morgan fingerprint density at radius 1 is 0.857 bits per heavy atom. The van der Waals surface area contributed by atoms with Crippen LogP contribution in [0.15, 0.2) is 53.3 Å². The average Bonchev–Trinajstić information content (AvgIpc) is 3.88. The maximum absolute atomic E-state index is 13.8. The molecule has 1 saturated carbocycles. The summed E-state index contributed by atoms with van der Waals surface area (Å²) in [6.45, 7) is 6.71. The van der Waals surface area contributed by atoms with Crippen LogP contribution < -0.4 is 20.5 Å². The van der Waals surface area contributed by atoms with Gasteiger partial charge in [-0.2, -0.15) is 4.98 Å². The lowest BCUT2D eigenvalue weighted by atomic mass is 9.69. The number of anilines is 1. The molecule has 11 heteroatoms. The number of aromatic nitrogens is 2. The predicted octanol–water partition coefficient (Wildman–Crippen LogP) is 6.48. The van der Waals surface area contributed by atoms with E-state index in [1.807, 2.05) is 18.2 Å². The molecule has 6 aliphatic heterocycles. The zero-order valence-corrected chi connectivity index (χ0v) is 32.7. The van der Waals surface area contributed by atoms with Crippen LogP contribution in [0.1, 0.15) is 104 Å². The van der Waals surface area contributed by atoms with Crippen molar-refractivity contribution in [1.82, 2.24) is 24.7 Å². The Kier molecular flexibility index (Phi) is 8.12. The number of carbonyl (C=O) groups excluding carboxylic acids is 2. The number of carbonyl (C=O) groups is 2. The molecule has 11 rings (SSSR count). The van der Waals surface area contributed by atoms with Gasteiger partial charge in [0.2, 0.25) is 5.91 Å². The van der Waals surface area contributed by atoms with Gasteiger partial charge < -0.3 is 24.8 Å². The second-order valence-corrected chi connectivity index (χ2v) is 18.0. The highest BCUT2D eigenvalue weighted by atomic mass is 35.5. The fourth-order valence-corrected chi connectivity index (χ4v) is 12.1. The number of ether oxygens (including phenoxy) is 1. The number of piperidine rings is 3. The summed E-state index contributed by atoms with van der Waals surface area (Å²) in [5.74, 6) is 2.22. The molecule has 3 saturated heterocycles. The van der Waals surface area contributed by atoms with Gasteiger partial charge in [-0.1, -0.05) is 43.0 Å². The molecule has 0 bridgehead atoms. The van der Waals surface area contributed by atoms with Crippen LogP contribution in [-0.4, -0.2) is 83.1 Å². The minimum Gasteiger partial charge on any atom is -0.492 e. The fraction of sp³-hybridized carbons (Fsp3) is 0.511. The summed E-state index contributed by atoms with van der Waals surface area (Å²) in [5.41, 5.74) is 7.00. The first-order valence-electron chi connectivity index (χ1n) is 21.1. The maximum Gasteiger partial charge on any atom is 0.282 e. The molecule has 1 N–H and O–H groups in total. The van der Waals surface area contributed by atoms with Gasteiger partial charge in [0, 0.05) is 72.5 Å². The number of rotatable bonds is 3. The molecule has 1 aliphatic carbocycles. The van der Waals surface area contributed by atoms with Crippen molar-refractivity contribution in [2.24, 2.45) is 5.92 Å². The van der Waals surface area contributed by atoms with Gasteiger partial charge in [-0.05, 0) is 106 Å². The van der Waals surface area contributed by atoms with E-state index in [9.17, 15) is 14.4 Å². The molecule has 56 heavy (non-hydrogen) atoms. The van der Waals surface area contributed by atoms with E-state index < -0.39 is 0 Å². The number of amides is 2. The van der Waals surface area contributed by atoms with E-state index in [0.717, 1.165) is 137 Å². The quantitative estimate of drug-likeness (QED) is 0.255. The highest BCUT2D eigenvalue weighted by Gasteiger charge is 2.48. The van der Waals surface area contributed by atoms with Gasteiger partial charge in [-0.3, -0.25) is 19.0 Å². The second-order valence-electron chi connectivity index (χ2n) is 17.6. The van der Waals surface area contributed by atoms with Crippen LogP contribution in [0.25, 0.3) is 16.6 Å². The number of nitrogens with one attached hydrogen (secondary N) is 1. The Morgan fingerprint density at radius 3 is 2.43 bits per heavy atom. The van der Waals surface area contributed by atoms with Crippen LogP contribution in [0.5, 0.6) is 5.75 Å². The van der Waals surface area contributed by atoms with Crippen LogP contribution in [-0.2, 0) is 22.2 Å². The maximum atomic E-state index is 13.8. The molecule has 0 atom stereocenters. The van der Waals surface area contributed by atoms with Gasteiger partial charge in [0.05, 0.1) is 33.6 Å².